The number of rotatable bonds is 5. The monoisotopic (exact) mass is 469 g/mol. The maximum atomic E-state index is 12.7. The third kappa shape index (κ3) is 2.91. The molecule has 35 heavy (non-hydrogen) atoms. The van der Waals surface area contributed by atoms with E-state index in [0.717, 1.165) is 25.1 Å². The van der Waals surface area contributed by atoms with Gasteiger partial charge in [0.25, 0.3) is 0 Å². The van der Waals surface area contributed by atoms with Gasteiger partial charge in [-0.05, 0) is 42.8 Å². The summed E-state index contributed by atoms with van der Waals surface area (Å²) in [7, 11) is 1.52. The van der Waals surface area contributed by atoms with E-state index in [0.29, 0.717) is 34.7 Å². The number of methoxy groups -OCH3 is 1. The van der Waals surface area contributed by atoms with Crippen LogP contribution in [0.25, 0.3) is 0 Å². The molecule has 7 nitrogen and oxygen atoms in total. The number of pyridine rings is 1. The smallest absolute Gasteiger partial charge is 0.177 e. The van der Waals surface area contributed by atoms with Gasteiger partial charge in [-0.15, -0.1) is 0 Å². The van der Waals surface area contributed by atoms with E-state index in [4.69, 9.17) is 9.47 Å². The number of likely N-dealkylation sites (tertiary alicyclic amines) is 1. The fourth-order valence-electron chi connectivity index (χ4n) is 6.39. The lowest BCUT2D eigenvalue weighted by molar-refractivity contribution is -0.152. The van der Waals surface area contributed by atoms with E-state index in [2.05, 4.69) is 16.0 Å². The fraction of sp³-hybridized carbons (Fsp3) is 0.357. The van der Waals surface area contributed by atoms with E-state index in [-0.39, 0.29) is 11.8 Å². The molecule has 1 saturated heterocycles. The van der Waals surface area contributed by atoms with Gasteiger partial charge in [0.15, 0.2) is 11.2 Å². The Kier molecular flexibility index (Phi) is 5.08. The van der Waals surface area contributed by atoms with Gasteiger partial charge in [0.1, 0.15) is 11.5 Å². The number of benzene rings is 2. The van der Waals surface area contributed by atoms with Crippen LogP contribution in [0.15, 0.2) is 67.0 Å². The maximum absolute atomic E-state index is 12.7. The van der Waals surface area contributed by atoms with Crippen molar-refractivity contribution >= 4 is 0 Å². The van der Waals surface area contributed by atoms with Gasteiger partial charge in [0.05, 0.1) is 42.8 Å². The molecule has 178 valence electrons. The third-order valence-corrected chi connectivity index (χ3v) is 8.03. The number of nitriles is 1. The first-order valence-electron chi connectivity index (χ1n) is 11.9. The van der Waals surface area contributed by atoms with Gasteiger partial charge >= 0.3 is 0 Å². The third-order valence-electron chi connectivity index (χ3n) is 8.03. The summed E-state index contributed by atoms with van der Waals surface area (Å²) in [5.74, 6) is 0.0632. The minimum atomic E-state index is -1.80. The topological polar surface area (TPSA) is 98.8 Å². The number of aromatic nitrogens is 1. The molecule has 7 heteroatoms. The summed E-state index contributed by atoms with van der Waals surface area (Å²) in [4.78, 5) is 6.57. The highest BCUT2D eigenvalue weighted by atomic mass is 16.5. The normalized spacial score (nSPS) is 31.1. The number of hydrogen-bond acceptors (Lipinski definition) is 7. The van der Waals surface area contributed by atoms with Crippen LogP contribution in [0.3, 0.4) is 0 Å². The summed E-state index contributed by atoms with van der Waals surface area (Å²) in [5.41, 5.74) is -0.570. The van der Waals surface area contributed by atoms with Crippen LogP contribution in [0.4, 0.5) is 0 Å². The number of aliphatic hydroxyl groups is 2. The molecule has 0 unspecified atom stereocenters. The van der Waals surface area contributed by atoms with Crippen LogP contribution in [0.1, 0.15) is 34.6 Å². The minimum Gasteiger partial charge on any atom is -0.495 e. The summed E-state index contributed by atoms with van der Waals surface area (Å²) < 4.78 is 12.4. The van der Waals surface area contributed by atoms with E-state index < -0.39 is 17.3 Å². The molecule has 6 rings (SSSR count). The summed E-state index contributed by atoms with van der Waals surface area (Å²) in [6, 6.07) is 19.2. The van der Waals surface area contributed by atoms with Crippen LogP contribution >= 0.6 is 0 Å². The maximum Gasteiger partial charge on any atom is 0.177 e. The Labute approximate surface area is 204 Å². The van der Waals surface area contributed by atoms with Crippen LogP contribution in [0, 0.1) is 17.2 Å². The first-order chi connectivity index (χ1) is 17.0. The zero-order valence-corrected chi connectivity index (χ0v) is 19.5. The predicted molar refractivity (Wildman–Crippen MR) is 128 cm³/mol. The molecule has 1 aromatic heterocycles. The highest BCUT2D eigenvalue weighted by Crippen LogP contribution is 2.69. The second-order valence-corrected chi connectivity index (χ2v) is 9.66. The van der Waals surface area contributed by atoms with Gasteiger partial charge in [-0.25, -0.2) is 0 Å². The molecule has 2 fully saturated rings. The lowest BCUT2D eigenvalue weighted by Gasteiger charge is -2.41. The van der Waals surface area contributed by atoms with Gasteiger partial charge in [0, 0.05) is 18.4 Å². The molecule has 0 amide bonds. The van der Waals surface area contributed by atoms with E-state index in [1.165, 1.54) is 7.11 Å². The van der Waals surface area contributed by atoms with E-state index in [1.54, 1.807) is 24.5 Å². The first kappa shape index (κ1) is 22.1. The van der Waals surface area contributed by atoms with Crippen molar-refractivity contribution in [3.05, 3.63) is 89.2 Å². The van der Waals surface area contributed by atoms with Gasteiger partial charge in [0.2, 0.25) is 0 Å². The van der Waals surface area contributed by atoms with E-state index in [1.807, 2.05) is 42.5 Å². The molecule has 1 aliphatic carbocycles. The molecule has 0 bridgehead atoms. The van der Waals surface area contributed by atoms with Crippen LogP contribution < -0.4 is 9.47 Å². The van der Waals surface area contributed by atoms with E-state index in [9.17, 15) is 15.5 Å². The fourth-order valence-corrected chi connectivity index (χ4v) is 6.39. The van der Waals surface area contributed by atoms with Gasteiger partial charge in [-0.1, -0.05) is 42.5 Å². The predicted octanol–water partition coefficient (Wildman–Crippen LogP) is 2.92. The Balaban J connectivity index is 1.64. The summed E-state index contributed by atoms with van der Waals surface area (Å²) >= 11 is 0. The Hall–Kier alpha value is -3.44. The van der Waals surface area contributed by atoms with Crippen LogP contribution in [0.2, 0.25) is 0 Å². The average molecular weight is 470 g/mol. The molecule has 2 aliphatic heterocycles. The second kappa shape index (κ2) is 8.06. The van der Waals surface area contributed by atoms with Crippen molar-refractivity contribution in [2.24, 2.45) is 5.92 Å². The molecule has 1 saturated carbocycles. The van der Waals surface area contributed by atoms with Crippen molar-refractivity contribution in [2.75, 3.05) is 26.7 Å². The zero-order valence-electron chi connectivity index (χ0n) is 19.5. The van der Waals surface area contributed by atoms with Crippen molar-refractivity contribution in [2.45, 2.75) is 29.6 Å². The number of aliphatic hydroxyl groups excluding tert-OH is 1. The first-order valence-corrected chi connectivity index (χ1v) is 11.9. The summed E-state index contributed by atoms with van der Waals surface area (Å²) in [5, 5.41) is 34.1. The average Bonchev–Trinajstić information content (AvgIpc) is 3.25. The number of nitrogens with zero attached hydrogens (tertiary/aromatic N) is 3. The molecule has 2 aromatic carbocycles. The Morgan fingerprint density at radius 3 is 2.51 bits per heavy atom. The molecule has 5 atom stereocenters. The Morgan fingerprint density at radius 2 is 1.89 bits per heavy atom. The molecular formula is C28H27N3O4. The van der Waals surface area contributed by atoms with Crippen molar-refractivity contribution in [3.8, 4) is 17.6 Å². The molecule has 3 aliphatic rings. The lowest BCUT2D eigenvalue weighted by Crippen LogP contribution is -2.52. The van der Waals surface area contributed by atoms with Crippen LogP contribution in [-0.2, 0) is 11.2 Å². The molecule has 0 radical (unpaired) electrons. The van der Waals surface area contributed by atoms with Crippen LogP contribution in [-0.4, -0.2) is 52.9 Å². The quantitative estimate of drug-likeness (QED) is 0.593. The molecular weight excluding hydrogens is 442 g/mol. The number of fused-ring (bicyclic) bond motifs is 3. The highest BCUT2D eigenvalue weighted by Gasteiger charge is 2.76. The minimum absolute atomic E-state index is 0.315. The number of ether oxygens (including phenoxy) is 2. The highest BCUT2D eigenvalue weighted by molar-refractivity contribution is 5.59. The molecule has 2 N–H and O–H groups in total. The van der Waals surface area contributed by atoms with Gasteiger partial charge in [-0.3, -0.25) is 4.98 Å². The largest absolute Gasteiger partial charge is 0.495 e. The molecule has 0 spiro atoms. The van der Waals surface area contributed by atoms with Crippen LogP contribution in [0.5, 0.6) is 11.5 Å². The Morgan fingerprint density at radius 1 is 1.14 bits per heavy atom. The van der Waals surface area contributed by atoms with Crippen molar-refractivity contribution in [1.82, 2.24) is 9.88 Å². The SMILES string of the molecule is COc1cncc2c1[C@]1(O)[C@H](O)[C@H](CN3CCC3)[C@H](c3ccccc3)[C@]1(c1ccc(C#N)cc1)O2. The van der Waals surface area contributed by atoms with Gasteiger partial charge < -0.3 is 24.6 Å². The summed E-state index contributed by atoms with van der Waals surface area (Å²) in [6.45, 7) is 2.57. The Bertz CT molecular complexity index is 1290. The number of hydrogen-bond donors (Lipinski definition) is 2. The van der Waals surface area contributed by atoms with Crippen molar-refractivity contribution in [3.63, 3.8) is 0 Å². The van der Waals surface area contributed by atoms with Gasteiger partial charge in [-0.2, -0.15) is 5.26 Å². The second-order valence-electron chi connectivity index (χ2n) is 9.66. The summed E-state index contributed by atoms with van der Waals surface area (Å²) in [6.07, 6.45) is 3.10. The lowest BCUT2D eigenvalue weighted by atomic mass is 9.70. The zero-order chi connectivity index (χ0) is 24.2. The molecule has 3 aromatic rings. The standard InChI is InChI=1S/C28H27N3O4/c1-34-22-15-30-16-23-25(22)27(33)26(32)21(17-31-12-5-13-31)24(19-6-3-2-4-7-19)28(27,35-23)20-10-8-18(14-29)9-11-20/h2-4,6-11,15-16,21,24,26,32-33H,5,12-13,17H2,1H3/t21-,24+,26-,27+,28+/m1/s1. The van der Waals surface area contributed by atoms with E-state index >= 15 is 0 Å². The van der Waals surface area contributed by atoms with Crippen molar-refractivity contribution < 1.29 is 19.7 Å². The van der Waals surface area contributed by atoms with Crippen molar-refractivity contribution in [1.29, 1.82) is 5.26 Å². The molecule has 3 heterocycles.